The molecule has 0 fully saturated rings. The van der Waals surface area contributed by atoms with E-state index in [1.807, 2.05) is 19.1 Å². The first-order chi connectivity index (χ1) is 10.3. The van der Waals surface area contributed by atoms with Gasteiger partial charge in [0.1, 0.15) is 5.82 Å². The van der Waals surface area contributed by atoms with Gasteiger partial charge in [-0.15, -0.1) is 0 Å². The van der Waals surface area contributed by atoms with Crippen LogP contribution < -0.4 is 10.1 Å². The zero-order valence-corrected chi connectivity index (χ0v) is 12.8. The van der Waals surface area contributed by atoms with Crippen LogP contribution in [0.2, 0.25) is 0 Å². The number of nitrogens with one attached hydrogen (secondary N) is 1. The number of hydrogen-bond donors (Lipinski definition) is 1. The van der Waals surface area contributed by atoms with Crippen molar-refractivity contribution in [1.29, 1.82) is 0 Å². The molecule has 0 aliphatic carbocycles. The highest BCUT2D eigenvalue weighted by molar-refractivity contribution is 5.16. The Bertz CT molecular complexity index is 543. The van der Waals surface area contributed by atoms with Crippen LogP contribution in [0.1, 0.15) is 30.4 Å². The van der Waals surface area contributed by atoms with E-state index in [1.165, 1.54) is 5.56 Å². The van der Waals surface area contributed by atoms with E-state index in [-0.39, 0.29) is 0 Å². The Morgan fingerprint density at radius 3 is 2.71 bits per heavy atom. The van der Waals surface area contributed by atoms with Crippen LogP contribution in [-0.4, -0.2) is 23.1 Å². The van der Waals surface area contributed by atoms with E-state index < -0.39 is 0 Å². The molecule has 0 atom stereocenters. The zero-order chi connectivity index (χ0) is 14.9. The molecular formula is C17H23N3O. The summed E-state index contributed by atoms with van der Waals surface area (Å²) in [5, 5.41) is 3.41. The van der Waals surface area contributed by atoms with Crippen LogP contribution in [0.3, 0.4) is 0 Å². The van der Waals surface area contributed by atoms with Crippen molar-refractivity contribution in [1.82, 2.24) is 15.3 Å². The molecule has 1 aromatic carbocycles. The van der Waals surface area contributed by atoms with Gasteiger partial charge in [0.25, 0.3) is 0 Å². The molecule has 0 aliphatic rings. The first kappa shape index (κ1) is 15.4. The Labute approximate surface area is 126 Å². The van der Waals surface area contributed by atoms with Crippen molar-refractivity contribution < 1.29 is 4.74 Å². The topological polar surface area (TPSA) is 47.0 Å². The van der Waals surface area contributed by atoms with Crippen molar-refractivity contribution in [2.45, 2.75) is 33.2 Å². The third kappa shape index (κ3) is 5.52. The highest BCUT2D eigenvalue weighted by Crippen LogP contribution is 2.09. The van der Waals surface area contributed by atoms with Crippen LogP contribution >= 0.6 is 0 Å². The molecule has 1 aromatic heterocycles. The molecule has 0 bridgehead atoms. The van der Waals surface area contributed by atoms with Gasteiger partial charge in [-0.2, -0.15) is 4.98 Å². The molecule has 1 N–H and O–H groups in total. The van der Waals surface area contributed by atoms with Crippen LogP contribution in [-0.2, 0) is 13.0 Å². The molecule has 0 saturated carbocycles. The minimum absolute atomic E-state index is 0.668. The summed E-state index contributed by atoms with van der Waals surface area (Å²) in [6, 6.07) is 12.3. The highest BCUT2D eigenvalue weighted by atomic mass is 16.5. The van der Waals surface area contributed by atoms with E-state index in [2.05, 4.69) is 46.5 Å². The monoisotopic (exact) mass is 285 g/mol. The van der Waals surface area contributed by atoms with E-state index in [0.717, 1.165) is 37.4 Å². The molecule has 4 heteroatoms. The maximum Gasteiger partial charge on any atom is 0.216 e. The first-order valence-corrected chi connectivity index (χ1v) is 7.50. The number of nitrogens with zero attached hydrogens (tertiary/aromatic N) is 2. The maximum atomic E-state index is 5.69. The van der Waals surface area contributed by atoms with Crippen molar-refractivity contribution in [2.75, 3.05) is 13.2 Å². The van der Waals surface area contributed by atoms with E-state index in [4.69, 9.17) is 4.74 Å². The molecule has 0 aliphatic heterocycles. The van der Waals surface area contributed by atoms with Gasteiger partial charge in [-0.05, 0) is 31.9 Å². The molecule has 1 heterocycles. The first-order valence-electron chi connectivity index (χ1n) is 7.50. The molecule has 21 heavy (non-hydrogen) atoms. The second kappa shape index (κ2) is 8.37. The third-order valence-corrected chi connectivity index (χ3v) is 3.15. The predicted molar refractivity (Wildman–Crippen MR) is 84.4 cm³/mol. The van der Waals surface area contributed by atoms with Gasteiger partial charge in [-0.3, -0.25) is 0 Å². The molecule has 0 radical (unpaired) electrons. The number of rotatable bonds is 8. The summed E-state index contributed by atoms with van der Waals surface area (Å²) in [5.74, 6) is 1.45. The fourth-order valence-corrected chi connectivity index (χ4v) is 2.06. The second-order valence-corrected chi connectivity index (χ2v) is 4.96. The average molecular weight is 285 g/mol. The molecular weight excluding hydrogens is 262 g/mol. The van der Waals surface area contributed by atoms with Crippen LogP contribution in [0.5, 0.6) is 5.88 Å². The highest BCUT2D eigenvalue weighted by Gasteiger charge is 2.01. The smallest absolute Gasteiger partial charge is 0.216 e. The summed E-state index contributed by atoms with van der Waals surface area (Å²) in [5.41, 5.74) is 2.33. The molecule has 2 rings (SSSR count). The predicted octanol–water partition coefficient (Wildman–Crippen LogP) is 2.91. The van der Waals surface area contributed by atoms with Crippen molar-refractivity contribution in [3.63, 3.8) is 0 Å². The van der Waals surface area contributed by atoms with Gasteiger partial charge in [0.2, 0.25) is 5.88 Å². The number of hydrogen-bond acceptors (Lipinski definition) is 4. The zero-order valence-electron chi connectivity index (χ0n) is 12.8. The van der Waals surface area contributed by atoms with Crippen molar-refractivity contribution in [2.24, 2.45) is 0 Å². The van der Waals surface area contributed by atoms with Gasteiger partial charge in [0.15, 0.2) is 0 Å². The third-order valence-electron chi connectivity index (χ3n) is 3.15. The summed E-state index contributed by atoms with van der Waals surface area (Å²) in [6.07, 6.45) is 1.86. The SMILES string of the molecule is CCc1cc(OCCCNCc2ccccc2)nc(C)n1. The summed E-state index contributed by atoms with van der Waals surface area (Å²) >= 11 is 0. The summed E-state index contributed by atoms with van der Waals surface area (Å²) < 4.78 is 5.69. The minimum Gasteiger partial charge on any atom is -0.478 e. The van der Waals surface area contributed by atoms with Gasteiger partial charge in [0, 0.05) is 18.3 Å². The summed E-state index contributed by atoms with van der Waals surface area (Å²) in [4.78, 5) is 8.63. The average Bonchev–Trinajstić information content (AvgIpc) is 2.51. The number of ether oxygens (including phenoxy) is 1. The Balaban J connectivity index is 1.65. The number of benzene rings is 1. The Kier molecular flexibility index (Phi) is 6.16. The van der Waals surface area contributed by atoms with Crippen molar-refractivity contribution in [3.8, 4) is 5.88 Å². The van der Waals surface area contributed by atoms with Crippen LogP contribution in [0, 0.1) is 6.92 Å². The largest absolute Gasteiger partial charge is 0.478 e. The lowest BCUT2D eigenvalue weighted by Gasteiger charge is -2.08. The lowest BCUT2D eigenvalue weighted by molar-refractivity contribution is 0.295. The molecule has 0 saturated heterocycles. The molecule has 0 amide bonds. The van der Waals surface area contributed by atoms with E-state index in [1.54, 1.807) is 0 Å². The molecule has 2 aromatic rings. The normalized spacial score (nSPS) is 10.6. The Morgan fingerprint density at radius 1 is 1.14 bits per heavy atom. The molecule has 0 unspecified atom stereocenters. The van der Waals surface area contributed by atoms with Gasteiger partial charge in [-0.25, -0.2) is 4.98 Å². The Hall–Kier alpha value is -1.94. The van der Waals surface area contributed by atoms with Gasteiger partial charge >= 0.3 is 0 Å². The van der Waals surface area contributed by atoms with Crippen LogP contribution in [0.15, 0.2) is 36.4 Å². The lowest BCUT2D eigenvalue weighted by Crippen LogP contribution is -2.17. The van der Waals surface area contributed by atoms with Crippen LogP contribution in [0.25, 0.3) is 0 Å². The quantitative estimate of drug-likeness (QED) is 0.758. The summed E-state index contributed by atoms with van der Waals surface area (Å²) in [6.45, 7) is 6.47. The van der Waals surface area contributed by atoms with Crippen molar-refractivity contribution >= 4 is 0 Å². The number of aromatic nitrogens is 2. The molecule has 112 valence electrons. The fraction of sp³-hybridized carbons (Fsp3) is 0.412. The fourth-order valence-electron chi connectivity index (χ4n) is 2.06. The lowest BCUT2D eigenvalue weighted by atomic mass is 10.2. The minimum atomic E-state index is 0.668. The maximum absolute atomic E-state index is 5.69. The number of aryl methyl sites for hydroxylation is 2. The summed E-state index contributed by atoms with van der Waals surface area (Å²) in [7, 11) is 0. The van der Waals surface area contributed by atoms with E-state index in [9.17, 15) is 0 Å². The van der Waals surface area contributed by atoms with E-state index >= 15 is 0 Å². The van der Waals surface area contributed by atoms with Gasteiger partial charge in [0.05, 0.1) is 6.61 Å². The van der Waals surface area contributed by atoms with Gasteiger partial charge < -0.3 is 10.1 Å². The van der Waals surface area contributed by atoms with Crippen molar-refractivity contribution in [3.05, 3.63) is 53.5 Å². The standard InChI is InChI=1S/C17H23N3O/c1-3-16-12-17(20-14(2)19-16)21-11-7-10-18-13-15-8-5-4-6-9-15/h4-6,8-9,12,18H,3,7,10-11,13H2,1-2H3. The second-order valence-electron chi connectivity index (χ2n) is 4.96. The Morgan fingerprint density at radius 2 is 1.95 bits per heavy atom. The van der Waals surface area contributed by atoms with E-state index in [0.29, 0.717) is 12.5 Å². The van der Waals surface area contributed by atoms with Gasteiger partial charge in [-0.1, -0.05) is 37.3 Å². The molecule has 4 nitrogen and oxygen atoms in total. The molecule has 0 spiro atoms. The van der Waals surface area contributed by atoms with Crippen LogP contribution in [0.4, 0.5) is 0 Å².